The first-order chi connectivity index (χ1) is 10.3. The molecule has 0 fully saturated rings. The zero-order chi connectivity index (χ0) is 16.4. The first-order valence-corrected chi connectivity index (χ1v) is 9.37. The van der Waals surface area contributed by atoms with Gasteiger partial charge in [0.25, 0.3) is 0 Å². The summed E-state index contributed by atoms with van der Waals surface area (Å²) in [6.45, 7) is 0. The molecule has 7 nitrogen and oxygen atoms in total. The fourth-order valence-electron chi connectivity index (χ4n) is 1.62. The molecule has 0 atom stereocenters. The molecule has 0 spiro atoms. The summed E-state index contributed by atoms with van der Waals surface area (Å²) >= 11 is 3.23. The van der Waals surface area contributed by atoms with Crippen LogP contribution in [0.1, 0.15) is 0 Å². The van der Waals surface area contributed by atoms with Crippen LogP contribution in [0.15, 0.2) is 62.8 Å². The minimum absolute atomic E-state index is 0.241. The summed E-state index contributed by atoms with van der Waals surface area (Å²) in [7, 11) is -7.95. The van der Waals surface area contributed by atoms with Crippen LogP contribution >= 0.6 is 15.9 Å². The highest BCUT2D eigenvalue weighted by Crippen LogP contribution is 2.37. The van der Waals surface area contributed by atoms with Gasteiger partial charge in [-0.15, -0.1) is 0 Å². The molecule has 0 aromatic heterocycles. The molecule has 2 aromatic rings. The maximum absolute atomic E-state index is 11.1. The van der Waals surface area contributed by atoms with E-state index >= 15 is 0 Å². The van der Waals surface area contributed by atoms with Crippen LogP contribution in [0.5, 0.6) is 0 Å². The molecule has 0 saturated carbocycles. The summed E-state index contributed by atoms with van der Waals surface area (Å²) in [5.41, 5.74) is 0.560. The average Bonchev–Trinajstić information content (AvgIpc) is 2.65. The predicted molar refractivity (Wildman–Crippen MR) is 83.1 cm³/mol. The van der Waals surface area contributed by atoms with E-state index in [0.717, 1.165) is 4.47 Å². The highest BCUT2D eigenvalue weighted by molar-refractivity contribution is 9.10. The second-order valence-electron chi connectivity index (χ2n) is 4.05. The number of nitrogens with zero attached hydrogens (tertiary/aromatic N) is 3. The fourth-order valence-corrected chi connectivity index (χ4v) is 5.46. The van der Waals surface area contributed by atoms with E-state index in [1.54, 1.807) is 18.2 Å². The van der Waals surface area contributed by atoms with Gasteiger partial charge in [-0.05, 0) is 18.2 Å². The molecule has 2 aromatic carbocycles. The zero-order valence-electron chi connectivity index (χ0n) is 10.8. The van der Waals surface area contributed by atoms with Crippen molar-refractivity contribution in [3.05, 3.63) is 62.1 Å². The SMILES string of the molecule is N#[N+]c1cccc(Br)c1.O=S1(=O)[N-]S(=O)(=O)c2ccccc21. The molecule has 1 aliphatic rings. The number of fused-ring (bicyclic) bond motifs is 1. The normalized spacial score (nSPS) is 16.7. The summed E-state index contributed by atoms with van der Waals surface area (Å²) in [5, 5.41) is 8.27. The minimum Gasteiger partial charge on any atom is -0.428 e. The number of rotatable bonds is 0. The molecule has 22 heavy (non-hydrogen) atoms. The van der Waals surface area contributed by atoms with Crippen molar-refractivity contribution in [1.29, 1.82) is 5.39 Å². The van der Waals surface area contributed by atoms with Gasteiger partial charge >= 0.3 is 5.69 Å². The van der Waals surface area contributed by atoms with Crippen molar-refractivity contribution in [2.75, 3.05) is 0 Å². The molecule has 1 heterocycles. The van der Waals surface area contributed by atoms with Gasteiger partial charge in [0.1, 0.15) is 20.0 Å². The number of hydrogen-bond acceptors (Lipinski definition) is 5. The van der Waals surface area contributed by atoms with Crippen molar-refractivity contribution in [3.8, 4) is 0 Å². The van der Waals surface area contributed by atoms with Crippen LogP contribution in [0.2, 0.25) is 0 Å². The molecule has 0 aliphatic carbocycles. The third kappa shape index (κ3) is 3.50. The van der Waals surface area contributed by atoms with Crippen LogP contribution in [0.4, 0.5) is 5.69 Å². The van der Waals surface area contributed by atoms with Gasteiger partial charge < -0.3 is 4.13 Å². The van der Waals surface area contributed by atoms with Gasteiger partial charge in [0.05, 0.1) is 9.79 Å². The summed E-state index contributed by atoms with van der Waals surface area (Å²) in [5.74, 6) is 0. The predicted octanol–water partition coefficient (Wildman–Crippen LogP) is 3.38. The van der Waals surface area contributed by atoms with Crippen molar-refractivity contribution < 1.29 is 16.8 Å². The van der Waals surface area contributed by atoms with Crippen molar-refractivity contribution in [3.63, 3.8) is 0 Å². The maximum Gasteiger partial charge on any atom is 0.386 e. The van der Waals surface area contributed by atoms with E-state index in [2.05, 4.69) is 25.0 Å². The Kier molecular flexibility index (Phi) is 4.62. The molecule has 0 amide bonds. The molecule has 114 valence electrons. The van der Waals surface area contributed by atoms with Crippen molar-refractivity contribution in [1.82, 2.24) is 0 Å². The smallest absolute Gasteiger partial charge is 0.386 e. The minimum atomic E-state index is -3.98. The fraction of sp³-hybridized carbons (Fsp3) is 0. The highest BCUT2D eigenvalue weighted by Gasteiger charge is 2.26. The van der Waals surface area contributed by atoms with Gasteiger partial charge in [0.15, 0.2) is 4.98 Å². The van der Waals surface area contributed by atoms with Crippen molar-refractivity contribution >= 4 is 41.7 Å². The Hall–Kier alpha value is -1.80. The Labute approximate surface area is 135 Å². The van der Waals surface area contributed by atoms with Gasteiger partial charge in [0.2, 0.25) is 5.39 Å². The Bertz CT molecular complexity index is 915. The van der Waals surface area contributed by atoms with Gasteiger partial charge in [-0.2, -0.15) is 0 Å². The molecule has 0 saturated heterocycles. The second kappa shape index (κ2) is 6.13. The van der Waals surface area contributed by atoms with Gasteiger partial charge in [-0.25, -0.2) is 16.8 Å². The van der Waals surface area contributed by atoms with E-state index in [1.807, 2.05) is 6.07 Å². The molecule has 1 aliphatic heterocycles. The van der Waals surface area contributed by atoms with Crippen LogP contribution in [0.3, 0.4) is 0 Å². The van der Waals surface area contributed by atoms with E-state index in [-0.39, 0.29) is 9.79 Å². The molecule has 3 rings (SSSR count). The number of halogens is 1. The van der Waals surface area contributed by atoms with Crippen LogP contribution in [-0.4, -0.2) is 16.8 Å². The Morgan fingerprint density at radius 3 is 1.86 bits per heavy atom. The number of diazo groups is 1. The lowest BCUT2D eigenvalue weighted by Gasteiger charge is -2.05. The zero-order valence-corrected chi connectivity index (χ0v) is 14.0. The molecular formula is C12H8BrN3O4S2. The molecular weight excluding hydrogens is 394 g/mol. The van der Waals surface area contributed by atoms with Crippen molar-refractivity contribution in [2.45, 2.75) is 9.79 Å². The van der Waals surface area contributed by atoms with Crippen LogP contribution in [-0.2, 0) is 20.0 Å². The molecule has 0 bridgehead atoms. The van der Waals surface area contributed by atoms with Gasteiger partial charge in [0, 0.05) is 16.6 Å². The standard InChI is InChI=1S/C6H4BrN2.C6H4NO4S2/c7-5-2-1-3-6(4-5)9-8;8-12(9)5-3-1-2-4-6(5)13(10,11)7-12/h1-4H;1-4H/q+1;-1. The highest BCUT2D eigenvalue weighted by atomic mass is 79.9. The van der Waals surface area contributed by atoms with Crippen LogP contribution < -0.4 is 0 Å². The Morgan fingerprint density at radius 1 is 0.909 bits per heavy atom. The van der Waals surface area contributed by atoms with E-state index in [4.69, 9.17) is 5.39 Å². The summed E-state index contributed by atoms with van der Waals surface area (Å²) in [4.78, 5) is 2.52. The number of hydrogen-bond donors (Lipinski definition) is 0. The monoisotopic (exact) mass is 401 g/mol. The van der Waals surface area contributed by atoms with E-state index in [0.29, 0.717) is 5.69 Å². The van der Waals surface area contributed by atoms with Gasteiger partial charge in [-0.1, -0.05) is 34.1 Å². The maximum atomic E-state index is 11.1. The molecule has 0 radical (unpaired) electrons. The molecule has 0 N–H and O–H groups in total. The summed E-state index contributed by atoms with van der Waals surface area (Å²) in [6.07, 6.45) is 0. The lowest BCUT2D eigenvalue weighted by molar-refractivity contribution is 0.603. The lowest BCUT2D eigenvalue weighted by Crippen LogP contribution is -1.92. The average molecular weight is 402 g/mol. The summed E-state index contributed by atoms with van der Waals surface area (Å²) < 4.78 is 48.2. The first kappa shape index (κ1) is 16.6. The largest absolute Gasteiger partial charge is 0.428 e. The van der Waals surface area contributed by atoms with Crippen LogP contribution in [0, 0.1) is 5.39 Å². The first-order valence-electron chi connectivity index (χ1n) is 5.70. The van der Waals surface area contributed by atoms with Gasteiger partial charge in [-0.3, -0.25) is 0 Å². The molecule has 0 unspecified atom stereocenters. The Morgan fingerprint density at radius 2 is 1.45 bits per heavy atom. The topological polar surface area (TPSA) is 111 Å². The summed E-state index contributed by atoms with van der Waals surface area (Å²) in [6, 6.07) is 12.5. The number of benzene rings is 2. The third-order valence-electron chi connectivity index (χ3n) is 2.52. The lowest BCUT2D eigenvalue weighted by atomic mass is 10.3. The van der Waals surface area contributed by atoms with E-state index in [9.17, 15) is 16.8 Å². The van der Waals surface area contributed by atoms with E-state index < -0.39 is 20.0 Å². The Balaban J connectivity index is 0.000000172. The molecule has 10 heteroatoms. The van der Waals surface area contributed by atoms with Crippen molar-refractivity contribution in [2.24, 2.45) is 0 Å². The van der Waals surface area contributed by atoms with Crippen LogP contribution in [0.25, 0.3) is 9.10 Å². The second-order valence-corrected chi connectivity index (χ2v) is 8.34. The third-order valence-corrected chi connectivity index (χ3v) is 6.54. The number of sulfonamides is 2. The van der Waals surface area contributed by atoms with E-state index in [1.165, 1.54) is 24.3 Å². The quantitative estimate of drug-likeness (QED) is 0.628.